The van der Waals surface area contributed by atoms with Gasteiger partial charge >= 0.3 is 5.97 Å². The Labute approximate surface area is 270 Å². The predicted molar refractivity (Wildman–Crippen MR) is 187 cm³/mol. The van der Waals surface area contributed by atoms with E-state index in [1.165, 1.54) is 180 Å². The zero-order chi connectivity index (χ0) is 31.3. The van der Waals surface area contributed by atoms with Gasteiger partial charge in [0.25, 0.3) is 0 Å². The number of esters is 1. The van der Waals surface area contributed by atoms with Crippen LogP contribution in [-0.2, 0) is 14.3 Å². The van der Waals surface area contributed by atoms with Crippen molar-refractivity contribution in [3.05, 3.63) is 0 Å². The van der Waals surface area contributed by atoms with Crippen molar-refractivity contribution < 1.29 is 19.4 Å². The van der Waals surface area contributed by atoms with E-state index in [0.29, 0.717) is 19.6 Å². The first-order chi connectivity index (χ1) is 21.2. The molecule has 0 fully saturated rings. The average Bonchev–Trinajstić information content (AvgIpc) is 3.01. The number of carbonyl (C=O) groups is 1. The SMILES string of the molecule is CCCCCCCCCCCCCCCCCCCCCCCCCCOCC(CO)OC(=O)CCCCCCCCC. The first kappa shape index (κ1) is 42.4. The van der Waals surface area contributed by atoms with Crippen LogP contribution in [0.3, 0.4) is 0 Å². The molecule has 1 atom stereocenters. The van der Waals surface area contributed by atoms with Gasteiger partial charge in [-0.2, -0.15) is 0 Å². The molecule has 0 aliphatic heterocycles. The third-order valence-corrected chi connectivity index (χ3v) is 8.93. The van der Waals surface area contributed by atoms with Crippen LogP contribution in [0.4, 0.5) is 0 Å². The largest absolute Gasteiger partial charge is 0.457 e. The molecule has 0 aromatic carbocycles. The molecule has 258 valence electrons. The number of aliphatic hydroxyl groups is 1. The molecule has 0 amide bonds. The van der Waals surface area contributed by atoms with E-state index >= 15 is 0 Å². The zero-order valence-electron chi connectivity index (χ0n) is 29.5. The van der Waals surface area contributed by atoms with Crippen LogP contribution in [0, 0.1) is 0 Å². The lowest BCUT2D eigenvalue weighted by molar-refractivity contribution is -0.154. The van der Waals surface area contributed by atoms with Crippen LogP contribution in [0.25, 0.3) is 0 Å². The van der Waals surface area contributed by atoms with Gasteiger partial charge < -0.3 is 14.6 Å². The quantitative estimate of drug-likeness (QED) is 0.0561. The molecule has 4 heteroatoms. The Morgan fingerprint density at radius 3 is 1.09 bits per heavy atom. The summed E-state index contributed by atoms with van der Waals surface area (Å²) in [6.45, 7) is 5.35. The summed E-state index contributed by atoms with van der Waals surface area (Å²) in [5.74, 6) is -0.203. The Kier molecular flexibility index (Phi) is 37.0. The highest BCUT2D eigenvalue weighted by Gasteiger charge is 2.13. The maximum Gasteiger partial charge on any atom is 0.306 e. The van der Waals surface area contributed by atoms with Gasteiger partial charge in [-0.05, 0) is 12.8 Å². The van der Waals surface area contributed by atoms with Crippen molar-refractivity contribution in [1.82, 2.24) is 0 Å². The minimum absolute atomic E-state index is 0.164. The zero-order valence-corrected chi connectivity index (χ0v) is 29.5. The molecular weight excluding hydrogens is 532 g/mol. The Morgan fingerprint density at radius 1 is 0.465 bits per heavy atom. The minimum Gasteiger partial charge on any atom is -0.457 e. The second-order valence-corrected chi connectivity index (χ2v) is 13.4. The van der Waals surface area contributed by atoms with E-state index in [4.69, 9.17) is 9.47 Å². The Hall–Kier alpha value is -0.610. The third kappa shape index (κ3) is 35.7. The highest BCUT2D eigenvalue weighted by atomic mass is 16.6. The summed E-state index contributed by atoms with van der Waals surface area (Å²) in [6, 6.07) is 0. The van der Waals surface area contributed by atoms with E-state index in [9.17, 15) is 9.90 Å². The summed E-state index contributed by atoms with van der Waals surface area (Å²) in [5.41, 5.74) is 0. The van der Waals surface area contributed by atoms with Gasteiger partial charge in [0, 0.05) is 13.0 Å². The van der Waals surface area contributed by atoms with E-state index in [1.54, 1.807) is 0 Å². The molecule has 0 aliphatic carbocycles. The Bertz CT molecular complexity index is 523. The Morgan fingerprint density at radius 2 is 0.767 bits per heavy atom. The molecule has 0 bridgehead atoms. The third-order valence-electron chi connectivity index (χ3n) is 8.93. The van der Waals surface area contributed by atoms with Crippen LogP contribution >= 0.6 is 0 Å². The topological polar surface area (TPSA) is 55.8 Å². The van der Waals surface area contributed by atoms with Crippen molar-refractivity contribution in [3.8, 4) is 0 Å². The summed E-state index contributed by atoms with van der Waals surface area (Å²) in [6.07, 6.45) is 41.8. The van der Waals surface area contributed by atoms with E-state index in [0.717, 1.165) is 19.3 Å². The molecule has 43 heavy (non-hydrogen) atoms. The van der Waals surface area contributed by atoms with Gasteiger partial charge in [-0.25, -0.2) is 0 Å². The van der Waals surface area contributed by atoms with Gasteiger partial charge in [-0.1, -0.05) is 200 Å². The van der Waals surface area contributed by atoms with Crippen molar-refractivity contribution in [2.75, 3.05) is 19.8 Å². The van der Waals surface area contributed by atoms with Crippen molar-refractivity contribution >= 4 is 5.97 Å². The second kappa shape index (κ2) is 37.6. The molecular formula is C39H78O4. The molecule has 4 nitrogen and oxygen atoms in total. The highest BCUT2D eigenvalue weighted by molar-refractivity contribution is 5.69. The molecule has 0 heterocycles. The monoisotopic (exact) mass is 611 g/mol. The fourth-order valence-corrected chi connectivity index (χ4v) is 5.98. The smallest absolute Gasteiger partial charge is 0.306 e. The van der Waals surface area contributed by atoms with Crippen LogP contribution in [0.15, 0.2) is 0 Å². The summed E-state index contributed by atoms with van der Waals surface area (Å²) < 4.78 is 11.1. The van der Waals surface area contributed by atoms with Crippen LogP contribution in [0.5, 0.6) is 0 Å². The molecule has 0 aromatic heterocycles. The van der Waals surface area contributed by atoms with E-state index < -0.39 is 6.10 Å². The van der Waals surface area contributed by atoms with Gasteiger partial charge in [0.2, 0.25) is 0 Å². The highest BCUT2D eigenvalue weighted by Crippen LogP contribution is 2.16. The van der Waals surface area contributed by atoms with Gasteiger partial charge in [0.05, 0.1) is 13.2 Å². The summed E-state index contributed by atoms with van der Waals surface area (Å²) in [7, 11) is 0. The van der Waals surface area contributed by atoms with Crippen LogP contribution in [0.2, 0.25) is 0 Å². The lowest BCUT2D eigenvalue weighted by atomic mass is 10.0. The molecule has 0 spiro atoms. The van der Waals surface area contributed by atoms with Crippen LogP contribution in [0.1, 0.15) is 219 Å². The first-order valence-corrected chi connectivity index (χ1v) is 19.6. The number of hydrogen-bond donors (Lipinski definition) is 1. The van der Waals surface area contributed by atoms with Gasteiger partial charge in [-0.3, -0.25) is 4.79 Å². The number of carbonyl (C=O) groups excluding carboxylic acids is 1. The van der Waals surface area contributed by atoms with Crippen LogP contribution < -0.4 is 0 Å². The Balaban J connectivity index is 3.27. The van der Waals surface area contributed by atoms with Crippen LogP contribution in [-0.4, -0.2) is 37.0 Å². The summed E-state index contributed by atoms with van der Waals surface area (Å²) in [5, 5.41) is 9.50. The van der Waals surface area contributed by atoms with E-state index in [1.807, 2.05) is 0 Å². The fraction of sp³-hybridized carbons (Fsp3) is 0.974. The lowest BCUT2D eigenvalue weighted by Crippen LogP contribution is -2.27. The summed E-state index contributed by atoms with van der Waals surface area (Å²) >= 11 is 0. The number of rotatable bonds is 37. The average molecular weight is 611 g/mol. The minimum atomic E-state index is -0.522. The van der Waals surface area contributed by atoms with Gasteiger partial charge in [-0.15, -0.1) is 0 Å². The molecule has 0 rings (SSSR count). The van der Waals surface area contributed by atoms with Gasteiger partial charge in [0.15, 0.2) is 0 Å². The molecule has 1 unspecified atom stereocenters. The molecule has 0 radical (unpaired) electrons. The fourth-order valence-electron chi connectivity index (χ4n) is 5.98. The maximum atomic E-state index is 12.0. The van der Waals surface area contributed by atoms with Crippen molar-refractivity contribution in [1.29, 1.82) is 0 Å². The van der Waals surface area contributed by atoms with Crippen molar-refractivity contribution in [2.45, 2.75) is 225 Å². The molecule has 1 N–H and O–H groups in total. The predicted octanol–water partition coefficient (Wildman–Crippen LogP) is 12.4. The van der Waals surface area contributed by atoms with E-state index in [2.05, 4.69) is 13.8 Å². The number of hydrogen-bond acceptors (Lipinski definition) is 4. The number of unbranched alkanes of at least 4 members (excludes halogenated alkanes) is 29. The first-order valence-electron chi connectivity index (χ1n) is 19.6. The second-order valence-electron chi connectivity index (χ2n) is 13.4. The summed E-state index contributed by atoms with van der Waals surface area (Å²) in [4.78, 5) is 12.0. The van der Waals surface area contributed by atoms with Gasteiger partial charge in [0.1, 0.15) is 6.10 Å². The molecule has 0 saturated carbocycles. The van der Waals surface area contributed by atoms with E-state index in [-0.39, 0.29) is 12.6 Å². The molecule has 0 saturated heterocycles. The maximum absolute atomic E-state index is 12.0. The lowest BCUT2D eigenvalue weighted by Gasteiger charge is -2.15. The standard InChI is InChI=1S/C39H78O4/c1-3-5-7-9-11-12-13-14-15-16-17-18-19-20-21-22-23-24-25-26-27-29-31-33-35-42-37-38(36-40)43-39(41)34-32-30-28-10-8-6-4-2/h38,40H,3-37H2,1-2H3. The van der Waals surface area contributed by atoms with Crippen molar-refractivity contribution in [2.24, 2.45) is 0 Å². The normalized spacial score (nSPS) is 12.2. The molecule has 0 aromatic rings. The molecule has 0 aliphatic rings. The van der Waals surface area contributed by atoms with Crippen molar-refractivity contribution in [3.63, 3.8) is 0 Å². The number of ether oxygens (including phenoxy) is 2. The number of aliphatic hydroxyl groups excluding tert-OH is 1.